The summed E-state index contributed by atoms with van der Waals surface area (Å²) >= 11 is 0. The average molecular weight is 239 g/mol. The topological polar surface area (TPSA) is 73.9 Å². The molecule has 0 bridgehead atoms. The Kier molecular flexibility index (Phi) is 5.09. The fraction of sp³-hybridized carbons (Fsp3) is 0.727. The molecule has 17 heavy (non-hydrogen) atoms. The number of likely N-dealkylation sites (N-methyl/N-ethyl adjacent to an activating group) is 1. The minimum atomic E-state index is -0.175. The predicted molar refractivity (Wildman–Crippen MR) is 65.6 cm³/mol. The quantitative estimate of drug-likeness (QED) is 0.758. The maximum atomic E-state index is 11.8. The van der Waals surface area contributed by atoms with Crippen molar-refractivity contribution in [1.82, 2.24) is 25.6 Å². The van der Waals surface area contributed by atoms with Gasteiger partial charge in [0.25, 0.3) is 5.91 Å². The van der Waals surface area contributed by atoms with E-state index in [1.165, 1.54) is 6.20 Å². The van der Waals surface area contributed by atoms with Crippen LogP contribution in [0.2, 0.25) is 0 Å². The Balaban J connectivity index is 2.56. The lowest BCUT2D eigenvalue weighted by Crippen LogP contribution is -2.42. The molecular weight excluding hydrogens is 218 g/mol. The number of amides is 1. The Morgan fingerprint density at radius 3 is 2.71 bits per heavy atom. The molecule has 0 spiro atoms. The van der Waals surface area contributed by atoms with Crippen molar-refractivity contribution >= 4 is 5.91 Å². The standard InChI is InChI=1S/C11H21N5O/c1-8(2)5-9(7-16(3)4)13-11(17)10-6-12-15-14-10/h6,8-9H,5,7H2,1-4H3,(H,13,17)(H,12,14,15). The van der Waals surface area contributed by atoms with Crippen molar-refractivity contribution in [3.63, 3.8) is 0 Å². The monoisotopic (exact) mass is 239 g/mol. The summed E-state index contributed by atoms with van der Waals surface area (Å²) in [5, 5.41) is 12.8. The Bertz CT molecular complexity index is 324. The van der Waals surface area contributed by atoms with E-state index in [9.17, 15) is 4.79 Å². The molecule has 0 radical (unpaired) electrons. The van der Waals surface area contributed by atoms with Crippen LogP contribution in [0, 0.1) is 5.92 Å². The summed E-state index contributed by atoms with van der Waals surface area (Å²) in [7, 11) is 3.99. The zero-order valence-corrected chi connectivity index (χ0v) is 10.9. The van der Waals surface area contributed by atoms with Crippen LogP contribution in [-0.2, 0) is 0 Å². The van der Waals surface area contributed by atoms with Crippen molar-refractivity contribution < 1.29 is 4.79 Å². The number of H-pyrrole nitrogens is 1. The largest absolute Gasteiger partial charge is 0.347 e. The number of rotatable bonds is 6. The Morgan fingerprint density at radius 1 is 1.53 bits per heavy atom. The first-order valence-corrected chi connectivity index (χ1v) is 5.80. The normalized spacial score (nSPS) is 13.1. The van der Waals surface area contributed by atoms with Gasteiger partial charge in [-0.2, -0.15) is 15.4 Å². The van der Waals surface area contributed by atoms with Gasteiger partial charge in [-0.15, -0.1) is 0 Å². The highest BCUT2D eigenvalue weighted by atomic mass is 16.2. The summed E-state index contributed by atoms with van der Waals surface area (Å²) in [6.45, 7) is 5.11. The number of hydrogen-bond acceptors (Lipinski definition) is 4. The summed E-state index contributed by atoms with van der Waals surface area (Å²) in [5.41, 5.74) is 0.331. The van der Waals surface area contributed by atoms with E-state index in [1.807, 2.05) is 14.1 Å². The molecule has 1 aromatic heterocycles. The van der Waals surface area contributed by atoms with Gasteiger partial charge in [0, 0.05) is 12.6 Å². The lowest BCUT2D eigenvalue weighted by Gasteiger charge is -2.23. The molecule has 0 fully saturated rings. The fourth-order valence-electron chi connectivity index (χ4n) is 1.76. The van der Waals surface area contributed by atoms with Gasteiger partial charge in [0.2, 0.25) is 0 Å². The highest BCUT2D eigenvalue weighted by molar-refractivity contribution is 5.92. The highest BCUT2D eigenvalue weighted by Gasteiger charge is 2.17. The Labute approximate surface area is 102 Å². The maximum absolute atomic E-state index is 11.8. The van der Waals surface area contributed by atoms with Gasteiger partial charge in [-0.25, -0.2) is 0 Å². The third-order valence-corrected chi connectivity index (χ3v) is 2.32. The number of aromatic amines is 1. The molecule has 6 heteroatoms. The summed E-state index contributed by atoms with van der Waals surface area (Å²) in [6.07, 6.45) is 2.37. The van der Waals surface area contributed by atoms with Gasteiger partial charge in [-0.05, 0) is 26.4 Å². The molecule has 1 heterocycles. The van der Waals surface area contributed by atoms with E-state index in [1.54, 1.807) is 0 Å². The van der Waals surface area contributed by atoms with Gasteiger partial charge in [0.1, 0.15) is 0 Å². The number of nitrogens with one attached hydrogen (secondary N) is 2. The molecule has 0 aromatic carbocycles. The number of carbonyl (C=O) groups excluding carboxylic acids is 1. The van der Waals surface area contributed by atoms with Crippen LogP contribution in [0.15, 0.2) is 6.20 Å². The first kappa shape index (κ1) is 13.6. The molecule has 0 aliphatic rings. The van der Waals surface area contributed by atoms with Crippen LogP contribution in [0.1, 0.15) is 30.8 Å². The zero-order chi connectivity index (χ0) is 12.8. The van der Waals surface area contributed by atoms with Gasteiger partial charge < -0.3 is 10.2 Å². The SMILES string of the molecule is CC(C)CC(CN(C)C)NC(=O)c1cn[nH]n1. The van der Waals surface area contributed by atoms with E-state index in [-0.39, 0.29) is 11.9 Å². The summed E-state index contributed by atoms with van der Waals surface area (Å²) in [4.78, 5) is 13.9. The van der Waals surface area contributed by atoms with Crippen LogP contribution in [0.3, 0.4) is 0 Å². The van der Waals surface area contributed by atoms with E-state index in [0.29, 0.717) is 11.6 Å². The van der Waals surface area contributed by atoms with Crippen LogP contribution in [0.5, 0.6) is 0 Å². The van der Waals surface area contributed by atoms with E-state index < -0.39 is 0 Å². The molecule has 6 nitrogen and oxygen atoms in total. The minimum Gasteiger partial charge on any atom is -0.347 e. The van der Waals surface area contributed by atoms with Crippen LogP contribution >= 0.6 is 0 Å². The summed E-state index contributed by atoms with van der Waals surface area (Å²) < 4.78 is 0. The molecule has 0 aliphatic carbocycles. The number of nitrogens with zero attached hydrogens (tertiary/aromatic N) is 3. The van der Waals surface area contributed by atoms with E-state index in [2.05, 4.69) is 39.5 Å². The van der Waals surface area contributed by atoms with Crippen LogP contribution in [0.4, 0.5) is 0 Å². The second kappa shape index (κ2) is 6.34. The second-order valence-electron chi connectivity index (χ2n) is 4.92. The van der Waals surface area contributed by atoms with Crippen LogP contribution in [0.25, 0.3) is 0 Å². The fourth-order valence-corrected chi connectivity index (χ4v) is 1.76. The summed E-state index contributed by atoms with van der Waals surface area (Å²) in [5.74, 6) is 0.365. The van der Waals surface area contributed by atoms with Crippen LogP contribution in [-0.4, -0.2) is 52.9 Å². The van der Waals surface area contributed by atoms with Crippen LogP contribution < -0.4 is 5.32 Å². The first-order valence-electron chi connectivity index (χ1n) is 5.80. The maximum Gasteiger partial charge on any atom is 0.273 e. The van der Waals surface area contributed by atoms with Crippen molar-refractivity contribution in [1.29, 1.82) is 0 Å². The molecule has 1 rings (SSSR count). The van der Waals surface area contributed by atoms with Crippen molar-refractivity contribution in [3.8, 4) is 0 Å². The van der Waals surface area contributed by atoms with Crippen molar-refractivity contribution in [2.45, 2.75) is 26.3 Å². The molecule has 1 atom stereocenters. The highest BCUT2D eigenvalue weighted by Crippen LogP contribution is 2.06. The molecule has 2 N–H and O–H groups in total. The smallest absolute Gasteiger partial charge is 0.273 e. The predicted octanol–water partition coefficient (Wildman–Crippen LogP) is 0.511. The van der Waals surface area contributed by atoms with E-state index in [0.717, 1.165) is 13.0 Å². The molecule has 0 saturated carbocycles. The summed E-state index contributed by atoms with van der Waals surface area (Å²) in [6, 6.07) is 0.134. The van der Waals surface area contributed by atoms with Gasteiger partial charge in [-0.3, -0.25) is 4.79 Å². The third-order valence-electron chi connectivity index (χ3n) is 2.32. The Hall–Kier alpha value is -1.43. The molecule has 0 aliphatic heterocycles. The van der Waals surface area contributed by atoms with Gasteiger partial charge in [-0.1, -0.05) is 13.8 Å². The second-order valence-corrected chi connectivity index (χ2v) is 4.92. The number of hydrogen-bond donors (Lipinski definition) is 2. The molecule has 0 saturated heterocycles. The Morgan fingerprint density at radius 2 is 2.24 bits per heavy atom. The van der Waals surface area contributed by atoms with E-state index in [4.69, 9.17) is 0 Å². The molecular formula is C11H21N5O. The minimum absolute atomic E-state index is 0.134. The number of aromatic nitrogens is 3. The lowest BCUT2D eigenvalue weighted by atomic mass is 10.0. The van der Waals surface area contributed by atoms with E-state index >= 15 is 0 Å². The van der Waals surface area contributed by atoms with Gasteiger partial charge >= 0.3 is 0 Å². The average Bonchev–Trinajstić information content (AvgIpc) is 2.67. The molecule has 1 amide bonds. The zero-order valence-electron chi connectivity index (χ0n) is 10.9. The van der Waals surface area contributed by atoms with Gasteiger partial charge in [0.15, 0.2) is 5.69 Å². The molecule has 1 unspecified atom stereocenters. The van der Waals surface area contributed by atoms with Crippen molar-refractivity contribution in [3.05, 3.63) is 11.9 Å². The number of carbonyl (C=O) groups is 1. The lowest BCUT2D eigenvalue weighted by molar-refractivity contribution is 0.0919. The van der Waals surface area contributed by atoms with Crippen molar-refractivity contribution in [2.75, 3.05) is 20.6 Å². The molecule has 96 valence electrons. The molecule has 1 aromatic rings. The first-order chi connectivity index (χ1) is 7.99. The van der Waals surface area contributed by atoms with Gasteiger partial charge in [0.05, 0.1) is 6.20 Å². The third kappa shape index (κ3) is 4.95. The van der Waals surface area contributed by atoms with Crippen molar-refractivity contribution in [2.24, 2.45) is 5.92 Å².